The molecule has 0 spiro atoms. The highest BCUT2D eigenvalue weighted by atomic mass is 19.1. The Kier molecular flexibility index (Phi) is 4.91. The second kappa shape index (κ2) is 6.50. The maximum atomic E-state index is 13.5. The Balaban J connectivity index is 2.27. The molecule has 0 atom stereocenters. The zero-order valence-electron chi connectivity index (χ0n) is 12.7. The molecule has 1 heterocycles. The largest absolute Gasteiger partial charge is 0.353 e. The van der Waals surface area contributed by atoms with Gasteiger partial charge in [0, 0.05) is 38.8 Å². The highest BCUT2D eigenvalue weighted by Crippen LogP contribution is 2.41. The monoisotopic (exact) mass is 291 g/mol. The van der Waals surface area contributed by atoms with Crippen molar-refractivity contribution in [2.75, 3.05) is 14.2 Å². The lowest BCUT2D eigenvalue weighted by molar-refractivity contribution is -0.224. The molecular formula is C17H22FNO2. The molecule has 0 aliphatic heterocycles. The minimum atomic E-state index is -0.523. The number of rotatable bonds is 5. The lowest BCUT2D eigenvalue weighted by atomic mass is 9.79. The Morgan fingerprint density at radius 3 is 2.48 bits per heavy atom. The number of halogens is 1. The molecule has 21 heavy (non-hydrogen) atoms. The highest BCUT2D eigenvalue weighted by molar-refractivity contribution is 5.68. The van der Waals surface area contributed by atoms with Gasteiger partial charge in [-0.25, -0.2) is 4.39 Å². The SMILES string of the molecule is C=Cc1c(C2CCC(OC)(OC)CC2)ccnc1C(=C)F. The van der Waals surface area contributed by atoms with Gasteiger partial charge in [-0.1, -0.05) is 19.2 Å². The molecule has 4 heteroatoms. The summed E-state index contributed by atoms with van der Waals surface area (Å²) in [5, 5.41) is 0. The van der Waals surface area contributed by atoms with Crippen molar-refractivity contribution in [3.8, 4) is 0 Å². The maximum absolute atomic E-state index is 13.5. The van der Waals surface area contributed by atoms with E-state index in [4.69, 9.17) is 9.47 Å². The van der Waals surface area contributed by atoms with Crippen LogP contribution >= 0.6 is 0 Å². The Bertz CT molecular complexity index is 528. The van der Waals surface area contributed by atoms with Gasteiger partial charge in [-0.05, 0) is 30.4 Å². The summed E-state index contributed by atoms with van der Waals surface area (Å²) < 4.78 is 24.5. The van der Waals surface area contributed by atoms with Crippen molar-refractivity contribution in [3.05, 3.63) is 42.2 Å². The van der Waals surface area contributed by atoms with Crippen LogP contribution in [-0.2, 0) is 9.47 Å². The molecule has 1 aromatic rings. The van der Waals surface area contributed by atoms with Crippen LogP contribution in [0.4, 0.5) is 4.39 Å². The van der Waals surface area contributed by atoms with Gasteiger partial charge in [-0.3, -0.25) is 4.98 Å². The fraction of sp³-hybridized carbons (Fsp3) is 0.471. The second-order valence-electron chi connectivity index (χ2n) is 5.36. The first kappa shape index (κ1) is 15.9. The normalized spacial score (nSPS) is 18.4. The summed E-state index contributed by atoms with van der Waals surface area (Å²) in [6, 6.07) is 1.95. The number of pyridine rings is 1. The zero-order valence-corrected chi connectivity index (χ0v) is 12.7. The molecule has 3 nitrogen and oxygen atoms in total. The summed E-state index contributed by atoms with van der Waals surface area (Å²) in [6.07, 6.45) is 6.77. The summed E-state index contributed by atoms with van der Waals surface area (Å²) in [7, 11) is 3.35. The van der Waals surface area contributed by atoms with E-state index in [-0.39, 0.29) is 5.69 Å². The van der Waals surface area contributed by atoms with Gasteiger partial charge in [-0.2, -0.15) is 0 Å². The lowest BCUT2D eigenvalue weighted by Crippen LogP contribution is -2.37. The van der Waals surface area contributed by atoms with Gasteiger partial charge in [0.15, 0.2) is 5.79 Å². The Hall–Kier alpha value is -1.52. The van der Waals surface area contributed by atoms with Crippen LogP contribution in [-0.4, -0.2) is 25.0 Å². The van der Waals surface area contributed by atoms with E-state index < -0.39 is 11.6 Å². The predicted molar refractivity (Wildman–Crippen MR) is 82.4 cm³/mol. The third-order valence-corrected chi connectivity index (χ3v) is 4.42. The molecule has 0 bridgehead atoms. The molecule has 1 aliphatic rings. The van der Waals surface area contributed by atoms with E-state index in [0.717, 1.165) is 36.8 Å². The van der Waals surface area contributed by atoms with Crippen LogP contribution in [0, 0.1) is 0 Å². The first-order valence-electron chi connectivity index (χ1n) is 7.13. The first-order chi connectivity index (χ1) is 10.1. The van der Waals surface area contributed by atoms with E-state index in [0.29, 0.717) is 5.92 Å². The summed E-state index contributed by atoms with van der Waals surface area (Å²) >= 11 is 0. The fourth-order valence-electron chi connectivity index (χ4n) is 3.14. The third-order valence-electron chi connectivity index (χ3n) is 4.42. The third kappa shape index (κ3) is 3.06. The van der Waals surface area contributed by atoms with E-state index in [2.05, 4.69) is 18.1 Å². The molecule has 0 amide bonds. The van der Waals surface area contributed by atoms with Crippen LogP contribution in [0.5, 0.6) is 0 Å². The molecule has 0 unspecified atom stereocenters. The minimum absolute atomic E-state index is 0.290. The Labute approximate surface area is 125 Å². The summed E-state index contributed by atoms with van der Waals surface area (Å²) in [6.45, 7) is 7.15. The molecular weight excluding hydrogens is 269 g/mol. The average Bonchev–Trinajstić information content (AvgIpc) is 2.54. The second-order valence-corrected chi connectivity index (χ2v) is 5.36. The van der Waals surface area contributed by atoms with Gasteiger partial charge in [0.2, 0.25) is 0 Å². The van der Waals surface area contributed by atoms with Gasteiger partial charge in [0.05, 0.1) is 0 Å². The first-order valence-corrected chi connectivity index (χ1v) is 7.13. The molecule has 0 saturated heterocycles. The van der Waals surface area contributed by atoms with Crippen molar-refractivity contribution in [1.29, 1.82) is 0 Å². The van der Waals surface area contributed by atoms with E-state index in [1.807, 2.05) is 6.07 Å². The minimum Gasteiger partial charge on any atom is -0.353 e. The molecule has 1 fully saturated rings. The molecule has 1 saturated carbocycles. The standard InChI is InChI=1S/C17H22FNO2/c1-5-14-15(8-11-19-16(14)12(2)18)13-6-9-17(20-3,21-4)10-7-13/h5,8,11,13H,1-2,6-7,9-10H2,3-4H3. The molecule has 0 aromatic carbocycles. The Morgan fingerprint density at radius 2 is 2.00 bits per heavy atom. The van der Waals surface area contributed by atoms with Gasteiger partial charge in [-0.15, -0.1) is 0 Å². The van der Waals surface area contributed by atoms with Gasteiger partial charge < -0.3 is 9.47 Å². The number of nitrogens with zero attached hydrogens (tertiary/aromatic N) is 1. The van der Waals surface area contributed by atoms with Gasteiger partial charge in [0.1, 0.15) is 11.5 Å². The van der Waals surface area contributed by atoms with Gasteiger partial charge >= 0.3 is 0 Å². The van der Waals surface area contributed by atoms with Crippen LogP contribution in [0.2, 0.25) is 0 Å². The van der Waals surface area contributed by atoms with E-state index >= 15 is 0 Å². The van der Waals surface area contributed by atoms with E-state index in [1.54, 1.807) is 26.5 Å². The molecule has 0 radical (unpaired) electrons. The molecule has 114 valence electrons. The molecule has 1 aliphatic carbocycles. The number of methoxy groups -OCH3 is 2. The number of ether oxygens (including phenoxy) is 2. The van der Waals surface area contributed by atoms with Crippen LogP contribution in [0.1, 0.15) is 48.4 Å². The van der Waals surface area contributed by atoms with Crippen LogP contribution in [0.25, 0.3) is 11.9 Å². The summed E-state index contributed by atoms with van der Waals surface area (Å²) in [5.74, 6) is -0.673. The summed E-state index contributed by atoms with van der Waals surface area (Å²) in [5.41, 5.74) is 2.12. The highest BCUT2D eigenvalue weighted by Gasteiger charge is 2.36. The van der Waals surface area contributed by atoms with Crippen LogP contribution in [0.3, 0.4) is 0 Å². The molecule has 1 aromatic heterocycles. The number of hydrogen-bond donors (Lipinski definition) is 0. The lowest BCUT2D eigenvalue weighted by Gasteiger charge is -2.38. The van der Waals surface area contributed by atoms with Crippen molar-refractivity contribution < 1.29 is 13.9 Å². The average molecular weight is 291 g/mol. The topological polar surface area (TPSA) is 31.4 Å². The zero-order chi connectivity index (χ0) is 15.5. The van der Waals surface area contributed by atoms with Crippen molar-refractivity contribution in [3.63, 3.8) is 0 Å². The molecule has 2 rings (SSSR count). The quantitative estimate of drug-likeness (QED) is 0.757. The smallest absolute Gasteiger partial charge is 0.167 e. The van der Waals surface area contributed by atoms with Crippen LogP contribution < -0.4 is 0 Å². The van der Waals surface area contributed by atoms with E-state index in [9.17, 15) is 4.39 Å². The maximum Gasteiger partial charge on any atom is 0.167 e. The van der Waals surface area contributed by atoms with E-state index in [1.165, 1.54) is 0 Å². The van der Waals surface area contributed by atoms with Crippen molar-refractivity contribution in [1.82, 2.24) is 4.98 Å². The van der Waals surface area contributed by atoms with Crippen LogP contribution in [0.15, 0.2) is 25.4 Å². The van der Waals surface area contributed by atoms with Crippen molar-refractivity contribution in [2.24, 2.45) is 0 Å². The predicted octanol–water partition coefficient (Wildman–Crippen LogP) is 4.31. The Morgan fingerprint density at radius 1 is 1.38 bits per heavy atom. The summed E-state index contributed by atoms with van der Waals surface area (Å²) in [4.78, 5) is 4.07. The molecule has 0 N–H and O–H groups in total. The van der Waals surface area contributed by atoms with Crippen molar-refractivity contribution >= 4 is 11.9 Å². The number of aromatic nitrogens is 1. The fourth-order valence-corrected chi connectivity index (χ4v) is 3.14. The number of hydrogen-bond acceptors (Lipinski definition) is 3. The van der Waals surface area contributed by atoms with Crippen molar-refractivity contribution in [2.45, 2.75) is 37.4 Å². The van der Waals surface area contributed by atoms with Gasteiger partial charge in [0.25, 0.3) is 0 Å².